The van der Waals surface area contributed by atoms with Gasteiger partial charge in [-0.3, -0.25) is 9.59 Å². The van der Waals surface area contributed by atoms with Crippen LogP contribution in [0.15, 0.2) is 22.7 Å². The first-order valence-electron chi connectivity index (χ1n) is 5.24. The Morgan fingerprint density at radius 1 is 1.33 bits per heavy atom. The summed E-state index contributed by atoms with van der Waals surface area (Å²) in [6.45, 7) is -0.404. The van der Waals surface area contributed by atoms with E-state index in [4.69, 9.17) is 5.26 Å². The molecule has 1 aromatic rings. The number of nitrogens with one attached hydrogen (secondary N) is 2. The summed E-state index contributed by atoms with van der Waals surface area (Å²) in [6, 6.07) is 5.04. The molecule has 2 amide bonds. The molecule has 0 atom stereocenters. The van der Waals surface area contributed by atoms with Crippen molar-refractivity contribution < 1.29 is 27.5 Å². The lowest BCUT2D eigenvalue weighted by molar-refractivity contribution is -0.274. The van der Waals surface area contributed by atoms with Crippen molar-refractivity contribution >= 4 is 33.4 Å². The number of anilines is 1. The number of carbonyl (C=O) groups is 2. The quantitative estimate of drug-likeness (QED) is 0.632. The molecule has 21 heavy (non-hydrogen) atoms. The van der Waals surface area contributed by atoms with E-state index < -0.39 is 30.5 Å². The van der Waals surface area contributed by atoms with Gasteiger partial charge in [0.05, 0.1) is 11.8 Å². The van der Waals surface area contributed by atoms with Crippen LogP contribution in [0.25, 0.3) is 0 Å². The van der Waals surface area contributed by atoms with Crippen LogP contribution in [0.4, 0.5) is 18.9 Å². The molecule has 10 heteroatoms. The van der Waals surface area contributed by atoms with Crippen LogP contribution in [0, 0.1) is 11.3 Å². The highest BCUT2D eigenvalue weighted by Crippen LogP contribution is 2.32. The first-order chi connectivity index (χ1) is 9.73. The molecule has 0 aromatic heterocycles. The fourth-order valence-electron chi connectivity index (χ4n) is 1.19. The number of rotatable bonds is 3. The van der Waals surface area contributed by atoms with Gasteiger partial charge >= 0.3 is 18.2 Å². The summed E-state index contributed by atoms with van der Waals surface area (Å²) < 4.78 is 40.8. The highest BCUT2D eigenvalue weighted by atomic mass is 79.9. The van der Waals surface area contributed by atoms with E-state index in [1.54, 1.807) is 6.07 Å². The summed E-state index contributed by atoms with van der Waals surface area (Å²) in [5, 5.41) is 12.2. The first-order valence-corrected chi connectivity index (χ1v) is 6.03. The Kier molecular flexibility index (Phi) is 5.54. The number of nitrogens with zero attached hydrogens (tertiary/aromatic N) is 1. The number of hydrogen-bond acceptors (Lipinski definition) is 4. The monoisotopic (exact) mass is 365 g/mol. The molecule has 0 radical (unpaired) electrons. The van der Waals surface area contributed by atoms with E-state index in [9.17, 15) is 22.8 Å². The Bertz CT molecular complexity index is 599. The van der Waals surface area contributed by atoms with Crippen LogP contribution in [0.1, 0.15) is 0 Å². The van der Waals surface area contributed by atoms with Crippen molar-refractivity contribution in [2.45, 2.75) is 6.36 Å². The Balaban J connectivity index is 2.90. The van der Waals surface area contributed by atoms with Gasteiger partial charge in [-0.1, -0.05) is 15.9 Å². The van der Waals surface area contributed by atoms with Crippen LogP contribution in [0.2, 0.25) is 0 Å². The van der Waals surface area contributed by atoms with Crippen LogP contribution in [-0.2, 0) is 9.59 Å². The second-order valence-corrected chi connectivity index (χ2v) is 4.40. The standard InChI is InChI=1S/C11H7BrF3N3O3/c12-6-1-2-7(8(5-6)21-11(13,14)15)18-10(20)9(19)17-4-3-16/h1-2,5H,4H2,(H,17,19)(H,18,20). The smallest absolute Gasteiger partial charge is 0.404 e. The Hall–Kier alpha value is -2.28. The van der Waals surface area contributed by atoms with Crippen LogP contribution in [0.3, 0.4) is 0 Å². The lowest BCUT2D eigenvalue weighted by atomic mass is 10.3. The molecule has 0 saturated heterocycles. The molecule has 0 bridgehead atoms. The van der Waals surface area contributed by atoms with Gasteiger partial charge in [-0.25, -0.2) is 0 Å². The summed E-state index contributed by atoms with van der Waals surface area (Å²) in [5.41, 5.74) is -0.340. The van der Waals surface area contributed by atoms with Crippen molar-refractivity contribution in [3.05, 3.63) is 22.7 Å². The molecule has 1 rings (SSSR count). The van der Waals surface area contributed by atoms with Crippen molar-refractivity contribution in [2.75, 3.05) is 11.9 Å². The van der Waals surface area contributed by atoms with E-state index in [-0.39, 0.29) is 10.2 Å². The normalized spacial score (nSPS) is 10.4. The molecule has 6 nitrogen and oxygen atoms in total. The number of halogens is 4. The van der Waals surface area contributed by atoms with E-state index in [1.807, 2.05) is 10.6 Å². The molecule has 0 heterocycles. The number of amides is 2. The number of nitriles is 1. The number of hydrogen-bond donors (Lipinski definition) is 2. The van der Waals surface area contributed by atoms with Crippen molar-refractivity contribution in [2.24, 2.45) is 0 Å². The Morgan fingerprint density at radius 3 is 2.57 bits per heavy atom. The SMILES string of the molecule is N#CCNC(=O)C(=O)Nc1ccc(Br)cc1OC(F)(F)F. The Labute approximate surface area is 125 Å². The predicted molar refractivity (Wildman–Crippen MR) is 68.1 cm³/mol. The number of benzene rings is 1. The van der Waals surface area contributed by atoms with Gasteiger partial charge in [-0.15, -0.1) is 13.2 Å². The van der Waals surface area contributed by atoms with Crippen LogP contribution < -0.4 is 15.4 Å². The predicted octanol–water partition coefficient (Wildman–Crippen LogP) is 1.93. The Morgan fingerprint density at radius 2 is 2.00 bits per heavy atom. The van der Waals surface area contributed by atoms with Gasteiger partial charge in [-0.05, 0) is 18.2 Å². The molecular weight excluding hydrogens is 359 g/mol. The van der Waals surface area contributed by atoms with Gasteiger partial charge in [0.1, 0.15) is 6.54 Å². The third kappa shape index (κ3) is 5.70. The molecule has 0 saturated carbocycles. The molecule has 0 unspecified atom stereocenters. The molecule has 0 aliphatic heterocycles. The maximum Gasteiger partial charge on any atom is 0.573 e. The fraction of sp³-hybridized carbons (Fsp3) is 0.182. The van der Waals surface area contributed by atoms with E-state index in [0.29, 0.717) is 0 Å². The van der Waals surface area contributed by atoms with E-state index in [0.717, 1.165) is 12.1 Å². The largest absolute Gasteiger partial charge is 0.573 e. The zero-order chi connectivity index (χ0) is 16.0. The zero-order valence-electron chi connectivity index (χ0n) is 10.1. The third-order valence-electron chi connectivity index (χ3n) is 1.95. The minimum absolute atomic E-state index is 0.286. The number of ether oxygens (including phenoxy) is 1. The van der Waals surface area contributed by atoms with Gasteiger partial charge in [0.25, 0.3) is 0 Å². The zero-order valence-corrected chi connectivity index (χ0v) is 11.7. The van der Waals surface area contributed by atoms with Crippen molar-refractivity contribution in [1.82, 2.24) is 5.32 Å². The molecule has 1 aromatic carbocycles. The lowest BCUT2D eigenvalue weighted by Crippen LogP contribution is -2.35. The summed E-state index contributed by atoms with van der Waals surface area (Å²) in [6.07, 6.45) is -4.96. The van der Waals surface area contributed by atoms with E-state index >= 15 is 0 Å². The van der Waals surface area contributed by atoms with E-state index in [2.05, 4.69) is 20.7 Å². The number of carbonyl (C=O) groups excluding carboxylic acids is 2. The summed E-state index contributed by atoms with van der Waals surface area (Å²) in [5.74, 6) is -3.06. The van der Waals surface area contributed by atoms with Crippen molar-refractivity contribution in [1.29, 1.82) is 5.26 Å². The summed E-state index contributed by atoms with van der Waals surface area (Å²) in [7, 11) is 0. The third-order valence-corrected chi connectivity index (χ3v) is 2.45. The maximum absolute atomic E-state index is 12.3. The minimum Gasteiger partial charge on any atom is -0.404 e. The first kappa shape index (κ1) is 16.8. The van der Waals surface area contributed by atoms with Gasteiger partial charge < -0.3 is 15.4 Å². The molecule has 0 aliphatic rings. The lowest BCUT2D eigenvalue weighted by Gasteiger charge is -2.14. The van der Waals surface area contributed by atoms with Gasteiger partial charge in [0.15, 0.2) is 5.75 Å². The molecule has 2 N–H and O–H groups in total. The topological polar surface area (TPSA) is 91.2 Å². The molecule has 0 fully saturated rings. The van der Waals surface area contributed by atoms with Crippen LogP contribution in [-0.4, -0.2) is 24.7 Å². The second kappa shape index (κ2) is 6.94. The maximum atomic E-state index is 12.3. The van der Waals surface area contributed by atoms with Gasteiger partial charge in [0, 0.05) is 4.47 Å². The van der Waals surface area contributed by atoms with E-state index in [1.165, 1.54) is 6.07 Å². The van der Waals surface area contributed by atoms with Gasteiger partial charge in [0.2, 0.25) is 0 Å². The average Bonchev–Trinajstić information content (AvgIpc) is 2.37. The van der Waals surface area contributed by atoms with Crippen molar-refractivity contribution in [3.63, 3.8) is 0 Å². The van der Waals surface area contributed by atoms with Crippen LogP contribution >= 0.6 is 15.9 Å². The molecular formula is C11H7BrF3N3O3. The summed E-state index contributed by atoms with van der Waals surface area (Å²) in [4.78, 5) is 22.7. The van der Waals surface area contributed by atoms with Crippen LogP contribution in [0.5, 0.6) is 5.75 Å². The molecule has 0 aliphatic carbocycles. The van der Waals surface area contributed by atoms with Crippen molar-refractivity contribution in [3.8, 4) is 11.8 Å². The highest BCUT2D eigenvalue weighted by molar-refractivity contribution is 9.10. The minimum atomic E-state index is -4.96. The molecule has 0 spiro atoms. The summed E-state index contributed by atoms with van der Waals surface area (Å²) >= 11 is 2.96. The average molecular weight is 366 g/mol. The number of alkyl halides is 3. The highest BCUT2D eigenvalue weighted by Gasteiger charge is 2.32. The second-order valence-electron chi connectivity index (χ2n) is 3.48. The molecule has 112 valence electrons. The van der Waals surface area contributed by atoms with Gasteiger partial charge in [-0.2, -0.15) is 5.26 Å². The fourth-order valence-corrected chi connectivity index (χ4v) is 1.53.